The van der Waals surface area contributed by atoms with Crippen molar-refractivity contribution < 1.29 is 14.7 Å². The summed E-state index contributed by atoms with van der Waals surface area (Å²) in [4.78, 5) is 21.3. The lowest BCUT2D eigenvalue weighted by Gasteiger charge is -2.08. The van der Waals surface area contributed by atoms with Crippen LogP contribution in [-0.2, 0) is 4.79 Å². The molecule has 0 aliphatic rings. The van der Waals surface area contributed by atoms with Crippen molar-refractivity contribution in [2.75, 3.05) is 11.9 Å². The highest BCUT2D eigenvalue weighted by Crippen LogP contribution is 2.15. The predicted octanol–water partition coefficient (Wildman–Crippen LogP) is 1.37. The molecule has 0 spiro atoms. The van der Waals surface area contributed by atoms with Crippen LogP contribution in [0.2, 0.25) is 0 Å². The van der Waals surface area contributed by atoms with Gasteiger partial charge >= 0.3 is 5.97 Å². The van der Waals surface area contributed by atoms with Crippen LogP contribution in [0, 0.1) is 6.92 Å². The average molecular weight is 236 g/mol. The minimum absolute atomic E-state index is 0.299. The number of nitrogens with one attached hydrogen (secondary N) is 1. The number of anilines is 1. The van der Waals surface area contributed by atoms with E-state index in [1.165, 1.54) is 0 Å². The fraction of sp³-hybridized carbons (Fsp3) is 0.333. The minimum Gasteiger partial charge on any atom is -0.478 e. The fourth-order valence-corrected chi connectivity index (χ4v) is 1.51. The number of carbonyl (C=O) groups is 2. The van der Waals surface area contributed by atoms with E-state index in [-0.39, 0.29) is 5.91 Å². The van der Waals surface area contributed by atoms with Crippen LogP contribution in [0.3, 0.4) is 0 Å². The van der Waals surface area contributed by atoms with E-state index in [4.69, 9.17) is 10.8 Å². The molecule has 1 aromatic carbocycles. The molecule has 0 saturated carbocycles. The maximum absolute atomic E-state index is 10.8. The first kappa shape index (κ1) is 13.0. The van der Waals surface area contributed by atoms with E-state index in [9.17, 15) is 9.59 Å². The van der Waals surface area contributed by atoms with Crippen molar-refractivity contribution in [2.24, 2.45) is 5.73 Å². The summed E-state index contributed by atoms with van der Waals surface area (Å²) in [5.41, 5.74) is 6.87. The summed E-state index contributed by atoms with van der Waals surface area (Å²) in [7, 11) is 0. The maximum atomic E-state index is 10.8. The highest BCUT2D eigenvalue weighted by atomic mass is 16.4. The Morgan fingerprint density at radius 2 is 2.12 bits per heavy atom. The Kier molecular flexibility index (Phi) is 4.51. The molecule has 0 atom stereocenters. The molecule has 1 aromatic rings. The van der Waals surface area contributed by atoms with Crippen molar-refractivity contribution in [2.45, 2.75) is 19.8 Å². The summed E-state index contributed by atoms with van der Waals surface area (Å²) in [5, 5.41) is 12.0. The van der Waals surface area contributed by atoms with E-state index >= 15 is 0 Å². The largest absolute Gasteiger partial charge is 0.478 e. The van der Waals surface area contributed by atoms with E-state index in [0.29, 0.717) is 30.5 Å². The summed E-state index contributed by atoms with van der Waals surface area (Å²) >= 11 is 0. The number of hydrogen-bond donors (Lipinski definition) is 3. The van der Waals surface area contributed by atoms with Crippen LogP contribution < -0.4 is 11.1 Å². The number of nitrogens with two attached hydrogens (primary N) is 1. The van der Waals surface area contributed by atoms with Crippen molar-refractivity contribution in [3.63, 3.8) is 0 Å². The zero-order valence-corrected chi connectivity index (χ0v) is 9.69. The summed E-state index contributed by atoms with van der Waals surface area (Å²) < 4.78 is 0. The van der Waals surface area contributed by atoms with Gasteiger partial charge in [0.2, 0.25) is 5.91 Å². The Bertz CT molecular complexity index is 430. The third kappa shape index (κ3) is 4.14. The maximum Gasteiger partial charge on any atom is 0.335 e. The summed E-state index contributed by atoms with van der Waals surface area (Å²) in [6.45, 7) is 2.38. The minimum atomic E-state index is -0.928. The molecule has 5 heteroatoms. The number of benzene rings is 1. The standard InChI is InChI=1S/C12H16N2O3/c1-8-7-9(4-5-10(8)12(16)17)14-6-2-3-11(13)15/h4-5,7,14H,2-3,6H2,1H3,(H2,13,15)(H,16,17). The Morgan fingerprint density at radius 3 is 2.65 bits per heavy atom. The van der Waals surface area contributed by atoms with Crippen LogP contribution in [0.25, 0.3) is 0 Å². The first-order valence-corrected chi connectivity index (χ1v) is 5.37. The molecule has 5 nitrogen and oxygen atoms in total. The van der Waals surface area contributed by atoms with Gasteiger partial charge in [-0.05, 0) is 37.1 Å². The smallest absolute Gasteiger partial charge is 0.335 e. The molecule has 1 rings (SSSR count). The van der Waals surface area contributed by atoms with Gasteiger partial charge in [0.05, 0.1) is 5.56 Å². The van der Waals surface area contributed by atoms with E-state index in [1.807, 2.05) is 0 Å². The number of aromatic carboxylic acids is 1. The molecule has 17 heavy (non-hydrogen) atoms. The number of carboxylic acid groups (broad SMARTS) is 1. The Morgan fingerprint density at radius 1 is 1.41 bits per heavy atom. The Hall–Kier alpha value is -2.04. The highest BCUT2D eigenvalue weighted by molar-refractivity contribution is 5.89. The molecular weight excluding hydrogens is 220 g/mol. The summed E-state index contributed by atoms with van der Waals surface area (Å²) in [6.07, 6.45) is 1.01. The average Bonchev–Trinajstić information content (AvgIpc) is 2.23. The van der Waals surface area contributed by atoms with Crippen LogP contribution in [0.4, 0.5) is 5.69 Å². The predicted molar refractivity (Wildman–Crippen MR) is 65.1 cm³/mol. The molecule has 0 saturated heterocycles. The third-order valence-corrected chi connectivity index (χ3v) is 2.39. The SMILES string of the molecule is Cc1cc(NCCCC(N)=O)ccc1C(=O)O. The molecular formula is C12H16N2O3. The Labute approximate surface area is 99.6 Å². The van der Waals surface area contributed by atoms with E-state index in [0.717, 1.165) is 5.69 Å². The van der Waals surface area contributed by atoms with Crippen molar-refractivity contribution in [1.82, 2.24) is 0 Å². The topological polar surface area (TPSA) is 92.4 Å². The summed E-state index contributed by atoms with van der Waals surface area (Å²) in [6, 6.07) is 5.04. The number of carbonyl (C=O) groups excluding carboxylic acids is 1. The van der Waals surface area contributed by atoms with Crippen LogP contribution >= 0.6 is 0 Å². The molecule has 4 N–H and O–H groups in total. The van der Waals surface area contributed by atoms with Gasteiger partial charge in [0, 0.05) is 18.7 Å². The van der Waals surface area contributed by atoms with Crippen LogP contribution in [-0.4, -0.2) is 23.5 Å². The Balaban J connectivity index is 2.53. The molecule has 0 heterocycles. The summed E-state index contributed by atoms with van der Waals surface area (Å²) in [5.74, 6) is -1.24. The number of carboxylic acids is 1. The van der Waals surface area contributed by atoms with Crippen molar-refractivity contribution in [3.05, 3.63) is 29.3 Å². The second-order valence-electron chi connectivity index (χ2n) is 3.83. The van der Waals surface area contributed by atoms with Gasteiger partial charge in [0.15, 0.2) is 0 Å². The third-order valence-electron chi connectivity index (χ3n) is 2.39. The lowest BCUT2D eigenvalue weighted by Crippen LogP contribution is -2.12. The lowest BCUT2D eigenvalue weighted by molar-refractivity contribution is -0.118. The van der Waals surface area contributed by atoms with Gasteiger partial charge in [-0.3, -0.25) is 4.79 Å². The normalized spacial score (nSPS) is 9.94. The zero-order valence-electron chi connectivity index (χ0n) is 9.69. The number of hydrogen-bond acceptors (Lipinski definition) is 3. The second-order valence-corrected chi connectivity index (χ2v) is 3.83. The molecule has 0 aliphatic heterocycles. The first-order chi connectivity index (χ1) is 8.00. The van der Waals surface area contributed by atoms with Crippen molar-refractivity contribution in [3.8, 4) is 0 Å². The number of primary amides is 1. The van der Waals surface area contributed by atoms with Gasteiger partial charge in [0.1, 0.15) is 0 Å². The van der Waals surface area contributed by atoms with Gasteiger partial charge in [-0.2, -0.15) is 0 Å². The fourth-order valence-electron chi connectivity index (χ4n) is 1.51. The quantitative estimate of drug-likeness (QED) is 0.650. The molecule has 1 amide bonds. The first-order valence-electron chi connectivity index (χ1n) is 5.37. The lowest BCUT2D eigenvalue weighted by atomic mass is 10.1. The highest BCUT2D eigenvalue weighted by Gasteiger charge is 2.06. The van der Waals surface area contributed by atoms with Crippen LogP contribution in [0.1, 0.15) is 28.8 Å². The van der Waals surface area contributed by atoms with Crippen molar-refractivity contribution in [1.29, 1.82) is 0 Å². The number of rotatable bonds is 6. The van der Waals surface area contributed by atoms with Crippen LogP contribution in [0.5, 0.6) is 0 Å². The van der Waals surface area contributed by atoms with Gasteiger partial charge in [-0.1, -0.05) is 0 Å². The van der Waals surface area contributed by atoms with Gasteiger partial charge in [0.25, 0.3) is 0 Å². The van der Waals surface area contributed by atoms with Crippen molar-refractivity contribution >= 4 is 17.6 Å². The molecule has 0 bridgehead atoms. The van der Waals surface area contributed by atoms with Crippen LogP contribution in [0.15, 0.2) is 18.2 Å². The van der Waals surface area contributed by atoms with Gasteiger partial charge in [-0.25, -0.2) is 4.79 Å². The molecule has 0 fully saturated rings. The molecule has 0 radical (unpaired) electrons. The molecule has 0 aromatic heterocycles. The van der Waals surface area contributed by atoms with E-state index in [1.54, 1.807) is 25.1 Å². The molecule has 92 valence electrons. The zero-order chi connectivity index (χ0) is 12.8. The number of amides is 1. The second kappa shape index (κ2) is 5.89. The van der Waals surface area contributed by atoms with E-state index in [2.05, 4.69) is 5.32 Å². The van der Waals surface area contributed by atoms with Gasteiger partial charge in [-0.15, -0.1) is 0 Å². The molecule has 0 aliphatic carbocycles. The monoisotopic (exact) mass is 236 g/mol. The van der Waals surface area contributed by atoms with Gasteiger partial charge < -0.3 is 16.2 Å². The molecule has 0 unspecified atom stereocenters. The number of aryl methyl sites for hydroxylation is 1. The van der Waals surface area contributed by atoms with E-state index < -0.39 is 5.97 Å².